The van der Waals surface area contributed by atoms with E-state index in [0.717, 1.165) is 44.9 Å². The van der Waals surface area contributed by atoms with Crippen molar-refractivity contribution in [3.63, 3.8) is 0 Å². The lowest BCUT2D eigenvalue weighted by Crippen LogP contribution is -2.45. The van der Waals surface area contributed by atoms with Crippen LogP contribution in [0.4, 0.5) is 0 Å². The van der Waals surface area contributed by atoms with Crippen LogP contribution in [0.5, 0.6) is 0 Å². The van der Waals surface area contributed by atoms with E-state index in [1.165, 1.54) is 334 Å². The van der Waals surface area contributed by atoms with Gasteiger partial charge in [0.25, 0.3) is 0 Å². The van der Waals surface area contributed by atoms with Crippen molar-refractivity contribution in [1.29, 1.82) is 0 Å². The van der Waals surface area contributed by atoms with Crippen LogP contribution in [-0.2, 0) is 14.3 Å². The molecule has 0 saturated heterocycles. The maximum Gasteiger partial charge on any atom is 0.305 e. The van der Waals surface area contributed by atoms with E-state index in [2.05, 4.69) is 43.5 Å². The molecule has 2 atom stereocenters. The summed E-state index contributed by atoms with van der Waals surface area (Å²) >= 11 is 0. The normalized spacial score (nSPS) is 12.7. The second-order valence-corrected chi connectivity index (χ2v) is 25.3. The summed E-state index contributed by atoms with van der Waals surface area (Å²) in [5.74, 6) is -0.0438. The Kier molecular flexibility index (Phi) is 68.9. The molecule has 0 radical (unpaired) electrons. The highest BCUT2D eigenvalue weighted by molar-refractivity contribution is 5.76. The fraction of sp³-hybridized carbons (Fsp3) is 0.893. The fourth-order valence-electron chi connectivity index (χ4n) is 11.6. The molecule has 0 bridgehead atoms. The summed E-state index contributed by atoms with van der Waals surface area (Å²) in [5, 5.41) is 23.1. The number of carbonyl (C=O) groups excluding carboxylic acids is 2. The number of allylic oxidation sites excluding steroid dienone is 5. The first kappa shape index (κ1) is 79.1. The zero-order valence-electron chi connectivity index (χ0n) is 54.8. The second-order valence-electron chi connectivity index (χ2n) is 25.3. The Morgan fingerprint density at radius 1 is 0.346 bits per heavy atom. The lowest BCUT2D eigenvalue weighted by Gasteiger charge is -2.20. The number of hydrogen-bond acceptors (Lipinski definition) is 5. The summed E-state index contributed by atoms with van der Waals surface area (Å²) in [7, 11) is 0. The first-order chi connectivity index (χ1) is 40.0. The van der Waals surface area contributed by atoms with Gasteiger partial charge in [-0.05, 0) is 64.2 Å². The third-order valence-corrected chi connectivity index (χ3v) is 17.2. The van der Waals surface area contributed by atoms with Crippen LogP contribution in [0.25, 0.3) is 0 Å². The Morgan fingerprint density at radius 3 is 0.938 bits per heavy atom. The molecule has 0 aromatic rings. The molecule has 6 heteroatoms. The molecule has 0 aliphatic heterocycles. The molecule has 3 N–H and O–H groups in total. The van der Waals surface area contributed by atoms with Gasteiger partial charge in [0.2, 0.25) is 5.91 Å². The van der Waals surface area contributed by atoms with E-state index in [4.69, 9.17) is 4.74 Å². The highest BCUT2D eigenvalue weighted by Crippen LogP contribution is 2.19. The average Bonchev–Trinajstić information content (AvgIpc) is 3.47. The summed E-state index contributed by atoms with van der Waals surface area (Å²) in [6, 6.07) is -0.625. The Labute approximate surface area is 506 Å². The molecular formula is C75H143NO5. The summed E-state index contributed by atoms with van der Waals surface area (Å²) in [5.41, 5.74) is 0. The van der Waals surface area contributed by atoms with E-state index in [0.29, 0.717) is 19.4 Å². The molecule has 0 aromatic heterocycles. The van der Waals surface area contributed by atoms with Gasteiger partial charge in [0.1, 0.15) is 0 Å². The molecule has 81 heavy (non-hydrogen) atoms. The Balaban J connectivity index is 3.36. The van der Waals surface area contributed by atoms with Crippen LogP contribution in [0.2, 0.25) is 0 Å². The molecule has 0 aliphatic carbocycles. The first-order valence-corrected chi connectivity index (χ1v) is 36.8. The van der Waals surface area contributed by atoms with Crippen molar-refractivity contribution in [1.82, 2.24) is 5.32 Å². The van der Waals surface area contributed by atoms with Crippen LogP contribution in [0.3, 0.4) is 0 Å². The zero-order chi connectivity index (χ0) is 58.5. The number of rotatable bonds is 69. The van der Waals surface area contributed by atoms with E-state index < -0.39 is 12.1 Å². The monoisotopic (exact) mass is 1140 g/mol. The molecule has 2 unspecified atom stereocenters. The minimum absolute atomic E-state index is 0.0205. The molecular weight excluding hydrogens is 995 g/mol. The van der Waals surface area contributed by atoms with Gasteiger partial charge in [0.15, 0.2) is 0 Å². The second kappa shape index (κ2) is 70.6. The van der Waals surface area contributed by atoms with Gasteiger partial charge in [-0.2, -0.15) is 0 Å². The standard InChI is InChI=1S/C75H143NO5/c1-3-5-7-9-11-13-15-17-18-41-45-49-53-57-61-65-69-75(80)81-70-66-62-58-54-50-46-42-39-37-35-33-31-29-27-25-23-21-19-20-22-24-26-28-30-32-34-36-38-40-44-48-52-56-60-64-68-74(79)76-72(71-77)73(78)67-63-59-55-51-47-43-16-14-12-10-8-6-4-2/h21,23,27,29,63,67,72-73,77-78H,3-20,22,24-26,28,30-62,64-66,68-71H2,1-2H3,(H,76,79)/b23-21-,29-27-,67-63+. The molecule has 0 fully saturated rings. The van der Waals surface area contributed by atoms with Crippen molar-refractivity contribution in [2.24, 2.45) is 0 Å². The van der Waals surface area contributed by atoms with Crippen LogP contribution in [-0.4, -0.2) is 47.4 Å². The van der Waals surface area contributed by atoms with Gasteiger partial charge in [0.05, 0.1) is 25.4 Å². The van der Waals surface area contributed by atoms with Crippen molar-refractivity contribution in [3.05, 3.63) is 36.5 Å². The largest absolute Gasteiger partial charge is 0.466 e. The minimum Gasteiger partial charge on any atom is -0.466 e. The first-order valence-electron chi connectivity index (χ1n) is 36.8. The molecule has 0 saturated carbocycles. The van der Waals surface area contributed by atoms with E-state index in [-0.39, 0.29) is 18.5 Å². The van der Waals surface area contributed by atoms with E-state index >= 15 is 0 Å². The number of ether oxygens (including phenoxy) is 1. The molecule has 0 rings (SSSR count). The summed E-state index contributed by atoms with van der Waals surface area (Å²) in [4.78, 5) is 24.6. The summed E-state index contributed by atoms with van der Waals surface area (Å²) in [6.07, 6.45) is 91.1. The number of nitrogens with one attached hydrogen (secondary N) is 1. The number of amides is 1. The van der Waals surface area contributed by atoms with Gasteiger partial charge < -0.3 is 20.3 Å². The molecule has 478 valence electrons. The lowest BCUT2D eigenvalue weighted by molar-refractivity contribution is -0.143. The highest BCUT2D eigenvalue weighted by Gasteiger charge is 2.18. The number of esters is 1. The molecule has 0 spiro atoms. The maximum atomic E-state index is 12.5. The summed E-state index contributed by atoms with van der Waals surface area (Å²) in [6.45, 7) is 4.93. The number of aliphatic hydroxyl groups excluding tert-OH is 2. The van der Waals surface area contributed by atoms with Gasteiger partial charge in [-0.1, -0.05) is 365 Å². The fourth-order valence-corrected chi connectivity index (χ4v) is 11.6. The van der Waals surface area contributed by atoms with Crippen molar-refractivity contribution >= 4 is 11.9 Å². The van der Waals surface area contributed by atoms with Gasteiger partial charge in [0, 0.05) is 12.8 Å². The third-order valence-electron chi connectivity index (χ3n) is 17.2. The van der Waals surface area contributed by atoms with Gasteiger partial charge in [-0.25, -0.2) is 0 Å². The minimum atomic E-state index is -0.842. The van der Waals surface area contributed by atoms with Crippen molar-refractivity contribution in [2.75, 3.05) is 13.2 Å². The zero-order valence-corrected chi connectivity index (χ0v) is 54.8. The van der Waals surface area contributed by atoms with Crippen molar-refractivity contribution in [2.45, 2.75) is 418 Å². The number of carbonyl (C=O) groups is 2. The third kappa shape index (κ3) is 67.1. The van der Waals surface area contributed by atoms with Gasteiger partial charge in [-0.3, -0.25) is 9.59 Å². The van der Waals surface area contributed by atoms with Crippen LogP contribution in [0.1, 0.15) is 406 Å². The van der Waals surface area contributed by atoms with Crippen LogP contribution in [0, 0.1) is 0 Å². The summed E-state index contributed by atoms with van der Waals surface area (Å²) < 4.78 is 5.50. The van der Waals surface area contributed by atoms with E-state index in [1.807, 2.05) is 6.08 Å². The smallest absolute Gasteiger partial charge is 0.305 e. The highest BCUT2D eigenvalue weighted by atomic mass is 16.5. The molecule has 0 heterocycles. The SMILES string of the molecule is CCCCCCCCCCCCC/C=C/C(O)C(CO)NC(=O)CCCCCCCCCCCCCCCCCCC/C=C\C/C=C\CCCCCCCCCCCCCOC(=O)CCCCCCCCCCCCCCCCCC. The Hall–Kier alpha value is -1.92. The van der Waals surface area contributed by atoms with Crippen molar-refractivity contribution < 1.29 is 24.5 Å². The molecule has 6 nitrogen and oxygen atoms in total. The molecule has 1 amide bonds. The molecule has 0 aromatic carbocycles. The molecule has 0 aliphatic rings. The van der Waals surface area contributed by atoms with E-state index in [9.17, 15) is 19.8 Å². The van der Waals surface area contributed by atoms with Crippen molar-refractivity contribution in [3.8, 4) is 0 Å². The van der Waals surface area contributed by atoms with Gasteiger partial charge in [-0.15, -0.1) is 0 Å². The lowest BCUT2D eigenvalue weighted by atomic mass is 10.0. The van der Waals surface area contributed by atoms with Crippen LogP contribution in [0.15, 0.2) is 36.5 Å². The average molecular weight is 1140 g/mol. The van der Waals surface area contributed by atoms with Gasteiger partial charge >= 0.3 is 5.97 Å². The number of unbranched alkanes of at least 4 members (excludes halogenated alkanes) is 54. The maximum absolute atomic E-state index is 12.5. The van der Waals surface area contributed by atoms with Crippen LogP contribution >= 0.6 is 0 Å². The predicted octanol–water partition coefficient (Wildman–Crippen LogP) is 23.9. The van der Waals surface area contributed by atoms with Crippen LogP contribution < -0.4 is 5.32 Å². The Bertz CT molecular complexity index is 1310. The van der Waals surface area contributed by atoms with E-state index in [1.54, 1.807) is 6.08 Å². The topological polar surface area (TPSA) is 95.9 Å². The number of hydrogen-bond donors (Lipinski definition) is 3. The number of aliphatic hydroxyl groups is 2. The Morgan fingerprint density at radius 2 is 0.617 bits per heavy atom. The predicted molar refractivity (Wildman–Crippen MR) is 356 cm³/mol. The quantitative estimate of drug-likeness (QED) is 0.0320.